The third kappa shape index (κ3) is 3.49. The molecule has 0 aromatic carbocycles. The van der Waals surface area contributed by atoms with E-state index in [4.69, 9.17) is 16.3 Å². The molecule has 1 aromatic rings. The summed E-state index contributed by atoms with van der Waals surface area (Å²) < 4.78 is 32.0. The number of halogens is 1. The van der Waals surface area contributed by atoms with Crippen LogP contribution in [0.5, 0.6) is 0 Å². The van der Waals surface area contributed by atoms with Crippen molar-refractivity contribution in [2.75, 3.05) is 32.7 Å². The highest BCUT2D eigenvalue weighted by Gasteiger charge is 2.33. The molecule has 1 unspecified atom stereocenters. The minimum atomic E-state index is -3.33. The molecule has 1 aromatic heterocycles. The lowest BCUT2D eigenvalue weighted by Gasteiger charge is -2.15. The number of methoxy groups -OCH3 is 1. The summed E-state index contributed by atoms with van der Waals surface area (Å²) in [5.41, 5.74) is 0. The van der Waals surface area contributed by atoms with Crippen molar-refractivity contribution in [2.45, 2.75) is 17.1 Å². The quantitative estimate of drug-likeness (QED) is 0.754. The Morgan fingerprint density at radius 1 is 1.53 bits per heavy atom. The predicted octanol–water partition coefficient (Wildman–Crippen LogP) is 2.19. The van der Waals surface area contributed by atoms with Gasteiger partial charge < -0.3 is 4.74 Å². The first-order valence-electron chi connectivity index (χ1n) is 6.21. The van der Waals surface area contributed by atoms with Crippen LogP contribution in [0, 0.1) is 5.92 Å². The van der Waals surface area contributed by atoms with Crippen LogP contribution in [0.2, 0.25) is 0 Å². The van der Waals surface area contributed by atoms with Crippen LogP contribution in [-0.4, -0.2) is 45.4 Å². The zero-order valence-electron chi connectivity index (χ0n) is 10.8. The van der Waals surface area contributed by atoms with Crippen LogP contribution < -0.4 is 0 Å². The molecule has 1 aliphatic rings. The highest BCUT2D eigenvalue weighted by Crippen LogP contribution is 2.29. The fourth-order valence-electron chi connectivity index (χ4n) is 2.24. The van der Waals surface area contributed by atoms with Gasteiger partial charge in [0.25, 0.3) is 10.0 Å². The molecule has 0 aliphatic carbocycles. The first-order valence-corrected chi connectivity index (χ1v) is 9.00. The molecule has 1 saturated heterocycles. The van der Waals surface area contributed by atoms with Gasteiger partial charge in [0.1, 0.15) is 4.21 Å². The molecule has 0 bridgehead atoms. The summed E-state index contributed by atoms with van der Waals surface area (Å²) in [5, 5.41) is 0. The maximum Gasteiger partial charge on any atom is 0.252 e. The number of ether oxygens (including phenoxy) is 1. The van der Waals surface area contributed by atoms with E-state index < -0.39 is 10.0 Å². The van der Waals surface area contributed by atoms with Gasteiger partial charge in [-0.3, -0.25) is 0 Å². The number of hydrogen-bond acceptors (Lipinski definition) is 4. The molecule has 1 fully saturated rings. The monoisotopic (exact) mass is 323 g/mol. The normalized spacial score (nSPS) is 21.1. The van der Waals surface area contributed by atoms with E-state index >= 15 is 0 Å². The van der Waals surface area contributed by atoms with Crippen molar-refractivity contribution in [1.29, 1.82) is 0 Å². The summed E-state index contributed by atoms with van der Waals surface area (Å²) in [6.45, 7) is 1.76. The minimum absolute atomic E-state index is 0.307. The molecule has 7 heteroatoms. The molecule has 4 nitrogen and oxygen atoms in total. The Bertz CT molecular complexity index is 515. The van der Waals surface area contributed by atoms with Gasteiger partial charge in [-0.05, 0) is 30.9 Å². The van der Waals surface area contributed by atoms with Crippen molar-refractivity contribution in [3.63, 3.8) is 0 Å². The minimum Gasteiger partial charge on any atom is -0.384 e. The SMILES string of the molecule is COCC1CCN(S(=O)(=O)c2ccc(CCCl)s2)C1. The third-order valence-electron chi connectivity index (χ3n) is 3.22. The average Bonchev–Trinajstić information content (AvgIpc) is 2.99. The fourth-order valence-corrected chi connectivity index (χ4v) is 5.60. The number of thiophene rings is 1. The number of rotatable bonds is 6. The van der Waals surface area contributed by atoms with Crippen LogP contribution in [0.1, 0.15) is 11.3 Å². The van der Waals surface area contributed by atoms with E-state index in [2.05, 4.69) is 0 Å². The summed E-state index contributed by atoms with van der Waals surface area (Å²) in [4.78, 5) is 1.02. The summed E-state index contributed by atoms with van der Waals surface area (Å²) in [5.74, 6) is 0.821. The summed E-state index contributed by atoms with van der Waals surface area (Å²) in [6.07, 6.45) is 1.58. The molecular weight excluding hydrogens is 306 g/mol. The number of sulfonamides is 1. The van der Waals surface area contributed by atoms with Gasteiger partial charge in [0, 0.05) is 31.0 Å². The molecule has 0 spiro atoms. The van der Waals surface area contributed by atoms with Gasteiger partial charge in [-0.1, -0.05) is 0 Å². The summed E-state index contributed by atoms with van der Waals surface area (Å²) in [7, 11) is -1.69. The first kappa shape index (κ1) is 15.3. The highest BCUT2D eigenvalue weighted by atomic mass is 35.5. The van der Waals surface area contributed by atoms with Crippen molar-refractivity contribution < 1.29 is 13.2 Å². The van der Waals surface area contributed by atoms with Crippen LogP contribution in [0.25, 0.3) is 0 Å². The molecule has 2 rings (SSSR count). The summed E-state index contributed by atoms with van der Waals surface area (Å²) in [6, 6.07) is 3.54. The zero-order chi connectivity index (χ0) is 13.9. The van der Waals surface area contributed by atoms with Gasteiger partial charge in [0.15, 0.2) is 0 Å². The number of alkyl halides is 1. The van der Waals surface area contributed by atoms with Gasteiger partial charge in [-0.15, -0.1) is 22.9 Å². The topological polar surface area (TPSA) is 46.6 Å². The molecule has 19 heavy (non-hydrogen) atoms. The Morgan fingerprint density at radius 2 is 2.32 bits per heavy atom. The molecule has 108 valence electrons. The van der Waals surface area contributed by atoms with Crippen molar-refractivity contribution in [3.8, 4) is 0 Å². The van der Waals surface area contributed by atoms with E-state index in [-0.39, 0.29) is 0 Å². The van der Waals surface area contributed by atoms with Crippen molar-refractivity contribution in [1.82, 2.24) is 4.31 Å². The Kier molecular flexibility index (Phi) is 5.25. The Morgan fingerprint density at radius 3 is 3.00 bits per heavy atom. The predicted molar refractivity (Wildman–Crippen MR) is 77.5 cm³/mol. The van der Waals surface area contributed by atoms with E-state index in [1.54, 1.807) is 17.5 Å². The second-order valence-electron chi connectivity index (χ2n) is 4.63. The molecule has 0 N–H and O–H groups in total. The lowest BCUT2D eigenvalue weighted by atomic mass is 10.1. The van der Waals surface area contributed by atoms with Crippen LogP contribution in [-0.2, 0) is 21.2 Å². The smallest absolute Gasteiger partial charge is 0.252 e. The van der Waals surface area contributed by atoms with E-state index in [0.29, 0.717) is 42.1 Å². The van der Waals surface area contributed by atoms with Gasteiger partial charge in [0.05, 0.1) is 6.61 Å². The standard InChI is InChI=1S/C12H18ClNO3S2/c1-17-9-10-5-7-14(8-10)19(15,16)12-3-2-11(18-12)4-6-13/h2-3,10H,4-9H2,1H3. The Balaban J connectivity index is 2.09. The number of nitrogens with zero attached hydrogens (tertiary/aromatic N) is 1. The molecular formula is C12H18ClNO3S2. The molecule has 1 atom stereocenters. The second-order valence-corrected chi connectivity index (χ2v) is 8.34. The zero-order valence-corrected chi connectivity index (χ0v) is 13.2. The van der Waals surface area contributed by atoms with E-state index in [1.165, 1.54) is 11.3 Å². The van der Waals surface area contributed by atoms with Crippen LogP contribution >= 0.6 is 22.9 Å². The molecule has 0 saturated carbocycles. The van der Waals surface area contributed by atoms with Crippen molar-refractivity contribution in [3.05, 3.63) is 17.0 Å². The number of aryl methyl sites for hydroxylation is 1. The third-order valence-corrected chi connectivity index (χ3v) is 6.89. The van der Waals surface area contributed by atoms with Crippen molar-refractivity contribution in [2.24, 2.45) is 5.92 Å². The van der Waals surface area contributed by atoms with Gasteiger partial charge in [-0.25, -0.2) is 8.42 Å². The van der Waals surface area contributed by atoms with Gasteiger partial charge >= 0.3 is 0 Å². The Labute approximate surface area is 123 Å². The molecule has 2 heterocycles. The largest absolute Gasteiger partial charge is 0.384 e. The molecule has 1 aliphatic heterocycles. The van der Waals surface area contributed by atoms with Crippen LogP contribution in [0.4, 0.5) is 0 Å². The molecule has 0 radical (unpaired) electrons. The Hall–Kier alpha value is -0.140. The van der Waals surface area contributed by atoms with E-state index in [0.717, 1.165) is 11.3 Å². The van der Waals surface area contributed by atoms with Crippen LogP contribution in [0.3, 0.4) is 0 Å². The maximum atomic E-state index is 12.5. The summed E-state index contributed by atoms with van der Waals surface area (Å²) >= 11 is 6.99. The molecule has 0 amide bonds. The van der Waals surface area contributed by atoms with Crippen molar-refractivity contribution >= 4 is 33.0 Å². The lowest BCUT2D eigenvalue weighted by Crippen LogP contribution is -2.28. The average molecular weight is 324 g/mol. The first-order chi connectivity index (χ1) is 9.07. The van der Waals surface area contributed by atoms with E-state index in [9.17, 15) is 8.42 Å². The van der Waals surface area contributed by atoms with Crippen LogP contribution in [0.15, 0.2) is 16.3 Å². The van der Waals surface area contributed by atoms with Gasteiger partial charge in [0.2, 0.25) is 0 Å². The highest BCUT2D eigenvalue weighted by molar-refractivity contribution is 7.91. The lowest BCUT2D eigenvalue weighted by molar-refractivity contribution is 0.157. The van der Waals surface area contributed by atoms with E-state index in [1.807, 2.05) is 6.07 Å². The fraction of sp³-hybridized carbons (Fsp3) is 0.667. The maximum absolute atomic E-state index is 12.5. The van der Waals surface area contributed by atoms with Gasteiger partial charge in [-0.2, -0.15) is 4.31 Å². The second kappa shape index (κ2) is 6.54. The number of hydrogen-bond donors (Lipinski definition) is 0.